The first-order valence-electron chi connectivity index (χ1n) is 6.18. The molecule has 1 saturated carbocycles. The summed E-state index contributed by atoms with van der Waals surface area (Å²) in [6, 6.07) is 7.73. The first kappa shape index (κ1) is 13.4. The first-order chi connectivity index (χ1) is 8.47. The van der Waals surface area contributed by atoms with Crippen molar-refractivity contribution in [3.8, 4) is 5.75 Å². The van der Waals surface area contributed by atoms with Crippen LogP contribution in [0.3, 0.4) is 0 Å². The molecule has 1 aromatic carbocycles. The van der Waals surface area contributed by atoms with Crippen LogP contribution < -0.4 is 4.74 Å². The minimum Gasteiger partial charge on any atom is -0.591 e. The number of para-hydroxylation sites is 1. The van der Waals surface area contributed by atoms with E-state index in [-0.39, 0.29) is 4.75 Å². The summed E-state index contributed by atoms with van der Waals surface area (Å²) >= 11 is -1.23. The predicted octanol–water partition coefficient (Wildman–Crippen LogP) is 3.11. The molecule has 1 atom stereocenters. The third kappa shape index (κ3) is 3.75. The van der Waals surface area contributed by atoms with Crippen LogP contribution >= 0.6 is 0 Å². The molecule has 0 heterocycles. The van der Waals surface area contributed by atoms with Gasteiger partial charge < -0.3 is 9.29 Å². The predicted molar refractivity (Wildman–Crippen MR) is 75.6 cm³/mol. The van der Waals surface area contributed by atoms with Crippen LogP contribution in [0.15, 0.2) is 28.7 Å². The van der Waals surface area contributed by atoms with Crippen molar-refractivity contribution in [3.05, 3.63) is 29.8 Å². The van der Waals surface area contributed by atoms with E-state index in [1.807, 2.05) is 45.0 Å². The molecule has 0 N–H and O–H groups in total. The van der Waals surface area contributed by atoms with E-state index in [9.17, 15) is 4.55 Å². The number of hydrogen-bond donors (Lipinski definition) is 0. The van der Waals surface area contributed by atoms with E-state index in [4.69, 9.17) is 4.74 Å². The van der Waals surface area contributed by atoms with Crippen LogP contribution in [0.1, 0.15) is 39.2 Å². The van der Waals surface area contributed by atoms with E-state index >= 15 is 0 Å². The van der Waals surface area contributed by atoms with E-state index < -0.39 is 11.4 Å². The molecule has 0 bridgehead atoms. The summed E-state index contributed by atoms with van der Waals surface area (Å²) in [6.45, 7) is 5.73. The zero-order chi connectivity index (χ0) is 13.2. The molecule has 2 rings (SSSR count). The maximum absolute atomic E-state index is 11.9. The Hall–Kier alpha value is -1.00. The summed E-state index contributed by atoms with van der Waals surface area (Å²) in [7, 11) is 0. The third-order valence-corrected chi connectivity index (χ3v) is 3.89. The molecule has 0 unspecified atom stereocenters. The fraction of sp³-hybridized carbons (Fsp3) is 0.500. The second kappa shape index (κ2) is 5.33. The van der Waals surface area contributed by atoms with Crippen molar-refractivity contribution in [1.29, 1.82) is 0 Å². The smallest absolute Gasteiger partial charge is 0.144 e. The summed E-state index contributed by atoms with van der Waals surface area (Å²) in [4.78, 5) is 0. The summed E-state index contributed by atoms with van der Waals surface area (Å²) < 4.78 is 21.4. The highest BCUT2D eigenvalue weighted by molar-refractivity contribution is 7.91. The van der Waals surface area contributed by atoms with E-state index in [1.54, 1.807) is 6.21 Å². The van der Waals surface area contributed by atoms with Gasteiger partial charge in [0.2, 0.25) is 0 Å². The van der Waals surface area contributed by atoms with Crippen molar-refractivity contribution in [2.75, 3.05) is 0 Å². The molecule has 1 aromatic rings. The van der Waals surface area contributed by atoms with Crippen molar-refractivity contribution in [3.63, 3.8) is 0 Å². The van der Waals surface area contributed by atoms with Crippen LogP contribution in [0.5, 0.6) is 5.75 Å². The lowest BCUT2D eigenvalue weighted by Crippen LogP contribution is -2.25. The monoisotopic (exact) mass is 265 g/mol. The average molecular weight is 265 g/mol. The Balaban J connectivity index is 2.10. The summed E-state index contributed by atoms with van der Waals surface area (Å²) in [5, 5.41) is 0. The van der Waals surface area contributed by atoms with Crippen molar-refractivity contribution in [2.45, 2.75) is 44.5 Å². The fourth-order valence-corrected chi connectivity index (χ4v) is 1.85. The Kier molecular flexibility index (Phi) is 3.97. The number of ether oxygens (including phenoxy) is 1. The lowest BCUT2D eigenvalue weighted by Gasteiger charge is -2.17. The molecular formula is C14H19NO2S. The van der Waals surface area contributed by atoms with E-state index in [1.165, 1.54) is 0 Å². The topological polar surface area (TPSA) is 44.7 Å². The van der Waals surface area contributed by atoms with Crippen LogP contribution in [0.2, 0.25) is 0 Å². The van der Waals surface area contributed by atoms with E-state index in [0.717, 1.165) is 24.2 Å². The third-order valence-electron chi connectivity index (χ3n) is 2.55. The van der Waals surface area contributed by atoms with Gasteiger partial charge in [-0.3, -0.25) is 0 Å². The molecule has 0 spiro atoms. The van der Waals surface area contributed by atoms with Crippen molar-refractivity contribution < 1.29 is 9.29 Å². The van der Waals surface area contributed by atoms with Crippen LogP contribution in [0.25, 0.3) is 0 Å². The van der Waals surface area contributed by atoms with E-state index in [2.05, 4.69) is 4.40 Å². The van der Waals surface area contributed by atoms with Crippen molar-refractivity contribution in [2.24, 2.45) is 4.40 Å². The zero-order valence-corrected chi connectivity index (χ0v) is 11.9. The average Bonchev–Trinajstić information content (AvgIpc) is 3.10. The van der Waals surface area contributed by atoms with Gasteiger partial charge in [0.15, 0.2) is 0 Å². The SMILES string of the molecule is CC(C)(C)[S@+]([O-])N=Cc1ccccc1OC1CC1. The lowest BCUT2D eigenvalue weighted by atomic mass is 10.2. The van der Waals surface area contributed by atoms with Gasteiger partial charge in [-0.15, -0.1) is 0 Å². The van der Waals surface area contributed by atoms with Crippen LogP contribution in [0, 0.1) is 0 Å². The summed E-state index contributed by atoms with van der Waals surface area (Å²) in [5.41, 5.74) is 0.891. The highest BCUT2D eigenvalue weighted by Gasteiger charge is 2.26. The van der Waals surface area contributed by atoms with Gasteiger partial charge in [0.05, 0.1) is 12.3 Å². The van der Waals surface area contributed by atoms with Gasteiger partial charge in [0.1, 0.15) is 21.9 Å². The summed E-state index contributed by atoms with van der Waals surface area (Å²) in [5.74, 6) is 0.828. The maximum atomic E-state index is 11.9. The molecule has 4 heteroatoms. The summed E-state index contributed by atoms with van der Waals surface area (Å²) in [6.07, 6.45) is 4.25. The minimum absolute atomic E-state index is 0.331. The molecule has 3 nitrogen and oxygen atoms in total. The molecule has 0 radical (unpaired) electrons. The Morgan fingerprint density at radius 3 is 2.61 bits per heavy atom. The molecule has 98 valence electrons. The first-order valence-corrected chi connectivity index (χ1v) is 7.29. The Morgan fingerprint density at radius 2 is 2.00 bits per heavy atom. The molecule has 1 fully saturated rings. The van der Waals surface area contributed by atoms with Crippen LogP contribution in [-0.4, -0.2) is 21.6 Å². The second-order valence-electron chi connectivity index (χ2n) is 5.45. The largest absolute Gasteiger partial charge is 0.591 e. The Labute approximate surface area is 112 Å². The molecule has 0 aromatic heterocycles. The molecule has 18 heavy (non-hydrogen) atoms. The molecule has 1 aliphatic rings. The number of hydrogen-bond acceptors (Lipinski definition) is 3. The zero-order valence-electron chi connectivity index (χ0n) is 11.1. The van der Waals surface area contributed by atoms with Crippen LogP contribution in [-0.2, 0) is 11.4 Å². The number of nitrogens with zero attached hydrogens (tertiary/aromatic N) is 1. The highest BCUT2D eigenvalue weighted by atomic mass is 32.2. The maximum Gasteiger partial charge on any atom is 0.144 e. The number of benzene rings is 1. The highest BCUT2D eigenvalue weighted by Crippen LogP contribution is 2.28. The van der Waals surface area contributed by atoms with Gasteiger partial charge in [0, 0.05) is 5.56 Å². The van der Waals surface area contributed by atoms with E-state index in [0.29, 0.717) is 6.10 Å². The van der Waals surface area contributed by atoms with Crippen molar-refractivity contribution in [1.82, 2.24) is 0 Å². The normalized spacial score (nSPS) is 18.0. The van der Waals surface area contributed by atoms with Gasteiger partial charge in [-0.25, -0.2) is 0 Å². The second-order valence-corrected chi connectivity index (χ2v) is 7.38. The lowest BCUT2D eigenvalue weighted by molar-refractivity contribution is 0.303. The van der Waals surface area contributed by atoms with Gasteiger partial charge in [0.25, 0.3) is 0 Å². The Morgan fingerprint density at radius 1 is 1.33 bits per heavy atom. The van der Waals surface area contributed by atoms with Crippen molar-refractivity contribution >= 4 is 17.6 Å². The number of rotatable bonds is 4. The minimum atomic E-state index is -1.23. The standard InChI is InChI=1S/C14H19NO2S/c1-14(2,3)18(16)15-10-11-6-4-5-7-13(11)17-12-8-9-12/h4-7,10,12H,8-9H2,1-3H3/t18-/m0/s1. The fourth-order valence-electron chi connectivity index (χ4n) is 1.32. The quantitative estimate of drug-likeness (QED) is 0.620. The van der Waals surface area contributed by atoms with Gasteiger partial charge >= 0.3 is 0 Å². The molecular weight excluding hydrogens is 246 g/mol. The van der Waals surface area contributed by atoms with Gasteiger partial charge in [-0.05, 0) is 45.7 Å². The molecule has 0 amide bonds. The van der Waals surface area contributed by atoms with Crippen LogP contribution in [0.4, 0.5) is 0 Å². The molecule has 0 saturated heterocycles. The Bertz CT molecular complexity index is 436. The van der Waals surface area contributed by atoms with Gasteiger partial charge in [-0.1, -0.05) is 16.5 Å². The van der Waals surface area contributed by atoms with Gasteiger partial charge in [-0.2, -0.15) is 0 Å². The molecule has 0 aliphatic heterocycles. The molecule has 1 aliphatic carbocycles.